The van der Waals surface area contributed by atoms with Crippen LogP contribution in [-0.4, -0.2) is 28.7 Å². The first-order valence-corrected chi connectivity index (χ1v) is 9.14. The Morgan fingerprint density at radius 3 is 2.92 bits per heavy atom. The molecular weight excluding hydrogens is 358 g/mol. The first-order chi connectivity index (χ1) is 12.1. The highest BCUT2D eigenvalue weighted by Gasteiger charge is 2.11. The summed E-state index contributed by atoms with van der Waals surface area (Å²) in [4.78, 5) is 19.9. The average Bonchev–Trinajstić information content (AvgIpc) is 3.00. The number of ether oxygens (including phenoxy) is 1. The van der Waals surface area contributed by atoms with E-state index in [-0.39, 0.29) is 5.91 Å². The van der Waals surface area contributed by atoms with Crippen LogP contribution in [0.5, 0.6) is 5.75 Å². The Hall–Kier alpha value is -2.18. The van der Waals surface area contributed by atoms with Crippen molar-refractivity contribution in [1.29, 1.82) is 0 Å². The van der Waals surface area contributed by atoms with Crippen molar-refractivity contribution in [1.82, 2.24) is 9.97 Å². The zero-order chi connectivity index (χ0) is 17.8. The van der Waals surface area contributed by atoms with Crippen LogP contribution in [0.2, 0.25) is 5.02 Å². The molecule has 0 aliphatic carbocycles. The molecule has 0 saturated carbocycles. The van der Waals surface area contributed by atoms with E-state index in [1.54, 1.807) is 13.2 Å². The summed E-state index contributed by atoms with van der Waals surface area (Å²) in [5.74, 6) is 1.10. The van der Waals surface area contributed by atoms with Gasteiger partial charge in [0.05, 0.1) is 23.8 Å². The molecule has 0 bridgehead atoms. The van der Waals surface area contributed by atoms with Gasteiger partial charge >= 0.3 is 0 Å². The van der Waals surface area contributed by atoms with E-state index in [0.29, 0.717) is 28.6 Å². The molecule has 1 heterocycles. The Labute approximate surface area is 155 Å². The van der Waals surface area contributed by atoms with Crippen molar-refractivity contribution in [3.63, 3.8) is 0 Å². The van der Waals surface area contributed by atoms with Gasteiger partial charge < -0.3 is 15.0 Å². The van der Waals surface area contributed by atoms with Gasteiger partial charge in [-0.2, -0.15) is 0 Å². The third kappa shape index (κ3) is 4.27. The minimum absolute atomic E-state index is 0.0800. The number of hydrogen-bond acceptors (Lipinski definition) is 4. The molecule has 7 heteroatoms. The van der Waals surface area contributed by atoms with Crippen LogP contribution in [0.25, 0.3) is 11.0 Å². The number of amides is 1. The van der Waals surface area contributed by atoms with Crippen LogP contribution in [0.3, 0.4) is 0 Å². The summed E-state index contributed by atoms with van der Waals surface area (Å²) in [6, 6.07) is 11.4. The summed E-state index contributed by atoms with van der Waals surface area (Å²) < 4.78 is 5.27. The van der Waals surface area contributed by atoms with Crippen molar-refractivity contribution >= 4 is 46.0 Å². The zero-order valence-electron chi connectivity index (χ0n) is 13.9. The van der Waals surface area contributed by atoms with Crippen molar-refractivity contribution in [2.24, 2.45) is 0 Å². The van der Waals surface area contributed by atoms with Crippen molar-refractivity contribution in [3.8, 4) is 5.75 Å². The third-order valence-electron chi connectivity index (χ3n) is 3.69. The highest BCUT2D eigenvalue weighted by molar-refractivity contribution is 7.99. The second kappa shape index (κ2) is 7.80. The Morgan fingerprint density at radius 2 is 2.16 bits per heavy atom. The molecule has 1 amide bonds. The second-order valence-corrected chi connectivity index (χ2v) is 7.00. The highest BCUT2D eigenvalue weighted by Crippen LogP contribution is 2.31. The quantitative estimate of drug-likeness (QED) is 0.615. The number of rotatable bonds is 6. The van der Waals surface area contributed by atoms with Crippen molar-refractivity contribution in [2.45, 2.75) is 18.5 Å². The van der Waals surface area contributed by atoms with Gasteiger partial charge in [0, 0.05) is 23.3 Å². The van der Waals surface area contributed by atoms with Crippen molar-refractivity contribution < 1.29 is 9.53 Å². The number of nitrogens with zero attached hydrogens (tertiary/aromatic N) is 1. The number of carbonyl (C=O) groups is 1. The van der Waals surface area contributed by atoms with E-state index in [4.69, 9.17) is 16.3 Å². The Bertz CT molecular complexity index is 877. The molecule has 2 aromatic carbocycles. The normalized spacial score (nSPS) is 10.8. The number of hydrogen-bond donors (Lipinski definition) is 2. The molecular formula is C18H18ClN3O2S. The highest BCUT2D eigenvalue weighted by atomic mass is 35.5. The summed E-state index contributed by atoms with van der Waals surface area (Å²) in [6.07, 6.45) is 0.368. The fourth-order valence-electron chi connectivity index (χ4n) is 2.38. The van der Waals surface area contributed by atoms with Crippen LogP contribution in [0.1, 0.15) is 12.0 Å². The van der Waals surface area contributed by atoms with Gasteiger partial charge in [-0.15, -0.1) is 0 Å². The molecule has 1 aromatic heterocycles. The number of fused-ring (bicyclic) bond motifs is 1. The second-order valence-electron chi connectivity index (χ2n) is 5.51. The molecule has 0 saturated heterocycles. The summed E-state index contributed by atoms with van der Waals surface area (Å²) >= 11 is 7.60. The lowest BCUT2D eigenvalue weighted by molar-refractivity contribution is -0.115. The molecule has 25 heavy (non-hydrogen) atoms. The minimum atomic E-state index is -0.0800. The predicted molar refractivity (Wildman–Crippen MR) is 103 cm³/mol. The maximum atomic E-state index is 12.2. The topological polar surface area (TPSA) is 67.0 Å². The number of nitrogens with one attached hydrogen (secondary N) is 2. The van der Waals surface area contributed by atoms with Crippen LogP contribution in [0, 0.1) is 6.92 Å². The van der Waals surface area contributed by atoms with Gasteiger partial charge in [0.2, 0.25) is 5.91 Å². The summed E-state index contributed by atoms with van der Waals surface area (Å²) in [7, 11) is 1.55. The number of thioether (sulfide) groups is 1. The van der Waals surface area contributed by atoms with Crippen molar-refractivity contribution in [2.75, 3.05) is 18.2 Å². The number of halogens is 1. The fourth-order valence-corrected chi connectivity index (χ4v) is 3.36. The number of carbonyl (C=O) groups excluding carboxylic acids is 1. The van der Waals surface area contributed by atoms with Gasteiger partial charge in [0.15, 0.2) is 5.16 Å². The smallest absolute Gasteiger partial charge is 0.225 e. The molecule has 3 rings (SSSR count). The molecule has 0 spiro atoms. The van der Waals surface area contributed by atoms with E-state index in [9.17, 15) is 4.79 Å². The monoisotopic (exact) mass is 375 g/mol. The van der Waals surface area contributed by atoms with E-state index in [2.05, 4.69) is 15.3 Å². The van der Waals surface area contributed by atoms with Gasteiger partial charge in [-0.1, -0.05) is 35.5 Å². The summed E-state index contributed by atoms with van der Waals surface area (Å²) in [5, 5.41) is 4.30. The van der Waals surface area contributed by atoms with Crippen LogP contribution >= 0.6 is 23.4 Å². The van der Waals surface area contributed by atoms with Gasteiger partial charge in [0.25, 0.3) is 0 Å². The molecule has 5 nitrogen and oxygen atoms in total. The van der Waals surface area contributed by atoms with Crippen LogP contribution in [0.15, 0.2) is 41.6 Å². The number of benzene rings is 2. The number of imidazole rings is 1. The number of aromatic amines is 1. The van der Waals surface area contributed by atoms with Crippen molar-refractivity contribution in [3.05, 3.63) is 47.0 Å². The zero-order valence-corrected chi connectivity index (χ0v) is 15.5. The molecule has 130 valence electrons. The molecule has 0 atom stereocenters. The van der Waals surface area contributed by atoms with Gasteiger partial charge in [-0.25, -0.2) is 4.98 Å². The molecule has 0 aliphatic rings. The van der Waals surface area contributed by atoms with E-state index in [0.717, 1.165) is 21.8 Å². The van der Waals surface area contributed by atoms with E-state index < -0.39 is 0 Å². The molecule has 0 fully saturated rings. The fraction of sp³-hybridized carbons (Fsp3) is 0.222. The first kappa shape index (κ1) is 17.6. The van der Waals surface area contributed by atoms with Gasteiger partial charge in [-0.05, 0) is 30.7 Å². The molecule has 2 N–H and O–H groups in total. The number of H-pyrrole nitrogens is 1. The SMILES string of the molecule is COc1cc(Cl)c(C)cc1NC(=O)CCSc1nc2ccccc2[nH]1. The number of methoxy groups -OCH3 is 1. The first-order valence-electron chi connectivity index (χ1n) is 7.78. The number of aromatic nitrogens is 2. The number of aryl methyl sites for hydroxylation is 1. The maximum Gasteiger partial charge on any atom is 0.225 e. The lowest BCUT2D eigenvalue weighted by Crippen LogP contribution is -2.13. The Morgan fingerprint density at radius 1 is 1.36 bits per heavy atom. The third-order valence-corrected chi connectivity index (χ3v) is 4.97. The Kier molecular flexibility index (Phi) is 5.50. The van der Waals surface area contributed by atoms with Gasteiger partial charge in [0.1, 0.15) is 5.75 Å². The van der Waals surface area contributed by atoms with Crippen LogP contribution in [-0.2, 0) is 4.79 Å². The number of para-hydroxylation sites is 2. The van der Waals surface area contributed by atoms with E-state index >= 15 is 0 Å². The van der Waals surface area contributed by atoms with Crippen LogP contribution in [0.4, 0.5) is 5.69 Å². The Balaban J connectivity index is 1.57. The summed E-state index contributed by atoms with van der Waals surface area (Å²) in [5.41, 5.74) is 3.43. The molecule has 0 aliphatic heterocycles. The summed E-state index contributed by atoms with van der Waals surface area (Å²) in [6.45, 7) is 1.88. The standard InChI is InChI=1S/C18H18ClN3O2S/c1-11-9-15(16(24-2)10-12(11)19)20-17(23)7-8-25-18-21-13-5-3-4-6-14(13)22-18/h3-6,9-10H,7-8H2,1-2H3,(H,20,23)(H,21,22). The minimum Gasteiger partial charge on any atom is -0.495 e. The largest absolute Gasteiger partial charge is 0.495 e. The van der Waals surface area contributed by atoms with Crippen LogP contribution < -0.4 is 10.1 Å². The molecule has 3 aromatic rings. The lowest BCUT2D eigenvalue weighted by Gasteiger charge is -2.12. The molecule has 0 radical (unpaired) electrons. The maximum absolute atomic E-state index is 12.2. The van der Waals surface area contributed by atoms with E-state index in [1.807, 2.05) is 37.3 Å². The van der Waals surface area contributed by atoms with E-state index in [1.165, 1.54) is 11.8 Å². The average molecular weight is 376 g/mol. The number of anilines is 1. The molecule has 0 unspecified atom stereocenters. The predicted octanol–water partition coefficient (Wildman–Crippen LogP) is 4.65. The van der Waals surface area contributed by atoms with Gasteiger partial charge in [-0.3, -0.25) is 4.79 Å². The lowest BCUT2D eigenvalue weighted by atomic mass is 10.2.